The summed E-state index contributed by atoms with van der Waals surface area (Å²) in [5.41, 5.74) is 2.73. The Labute approximate surface area is 237 Å². The third-order valence-corrected chi connectivity index (χ3v) is 10.8. The van der Waals surface area contributed by atoms with E-state index in [9.17, 15) is 5.11 Å². The first-order valence-corrected chi connectivity index (χ1v) is 15.3. The molecule has 3 atom stereocenters. The standard InChI is InChI=1S/C36H32NO2P/c38-29-25-34-36(27-15-5-1-6-16-27,28-17-7-2-8-18-28)39-35(37(34)26-29)32-23-13-14-24-33(32)40(30-19-9-3-10-20-30)31-21-11-4-12-22-31/h1-24,29,34-35,38H,25-26H2/t29-,34-,35-/m0/s1. The lowest BCUT2D eigenvalue weighted by Crippen LogP contribution is -2.40. The number of benzene rings is 5. The van der Waals surface area contributed by atoms with Crippen LogP contribution >= 0.6 is 7.92 Å². The number of aliphatic hydroxyl groups excluding tert-OH is 1. The molecule has 0 aromatic heterocycles. The normalized spacial score (nSPS) is 21.9. The minimum Gasteiger partial charge on any atom is -0.392 e. The van der Waals surface area contributed by atoms with Crippen molar-refractivity contribution in [1.29, 1.82) is 0 Å². The van der Waals surface area contributed by atoms with Crippen LogP contribution in [0.2, 0.25) is 0 Å². The van der Waals surface area contributed by atoms with Crippen LogP contribution in [-0.2, 0) is 10.3 Å². The number of rotatable bonds is 6. The lowest BCUT2D eigenvalue weighted by atomic mass is 9.79. The lowest BCUT2D eigenvalue weighted by Gasteiger charge is -2.35. The molecule has 5 aromatic rings. The summed E-state index contributed by atoms with van der Waals surface area (Å²) in [5.74, 6) is 0. The first-order chi connectivity index (χ1) is 19.8. The number of fused-ring (bicyclic) bond motifs is 1. The molecule has 0 aliphatic carbocycles. The molecule has 4 heteroatoms. The first-order valence-electron chi connectivity index (χ1n) is 14.0. The van der Waals surface area contributed by atoms with E-state index in [2.05, 4.69) is 150 Å². The second-order valence-electron chi connectivity index (χ2n) is 10.6. The molecule has 2 heterocycles. The molecule has 5 aromatic carbocycles. The van der Waals surface area contributed by atoms with Crippen LogP contribution in [0.1, 0.15) is 29.3 Å². The summed E-state index contributed by atoms with van der Waals surface area (Å²) in [6, 6.07) is 51.6. The highest BCUT2D eigenvalue weighted by molar-refractivity contribution is 7.79. The highest BCUT2D eigenvalue weighted by atomic mass is 31.1. The van der Waals surface area contributed by atoms with Gasteiger partial charge in [0, 0.05) is 12.1 Å². The Hall–Kier alpha value is -3.59. The van der Waals surface area contributed by atoms with Gasteiger partial charge in [0.15, 0.2) is 0 Å². The molecular formula is C36H32NO2P. The fraction of sp³-hybridized carbons (Fsp3) is 0.167. The van der Waals surface area contributed by atoms with Crippen molar-refractivity contribution in [3.8, 4) is 0 Å². The zero-order chi connectivity index (χ0) is 26.9. The van der Waals surface area contributed by atoms with E-state index in [1.807, 2.05) is 0 Å². The van der Waals surface area contributed by atoms with Crippen molar-refractivity contribution < 1.29 is 9.84 Å². The van der Waals surface area contributed by atoms with Crippen molar-refractivity contribution in [1.82, 2.24) is 4.90 Å². The Morgan fingerprint density at radius 3 is 1.65 bits per heavy atom. The molecule has 2 saturated heterocycles. The molecule has 40 heavy (non-hydrogen) atoms. The molecule has 0 amide bonds. The highest BCUT2D eigenvalue weighted by Gasteiger charge is 2.59. The Morgan fingerprint density at radius 1 is 0.625 bits per heavy atom. The number of hydrogen-bond acceptors (Lipinski definition) is 3. The van der Waals surface area contributed by atoms with Crippen LogP contribution in [0.3, 0.4) is 0 Å². The molecule has 1 N–H and O–H groups in total. The molecule has 0 saturated carbocycles. The molecule has 2 aliphatic rings. The Balaban J connectivity index is 1.42. The maximum absolute atomic E-state index is 11.1. The summed E-state index contributed by atoms with van der Waals surface area (Å²) in [5, 5.41) is 15.0. The average molecular weight is 542 g/mol. The summed E-state index contributed by atoms with van der Waals surface area (Å²) in [6.07, 6.45) is -0.0366. The predicted octanol–water partition coefficient (Wildman–Crippen LogP) is 5.85. The maximum Gasteiger partial charge on any atom is 0.139 e. The molecular weight excluding hydrogens is 509 g/mol. The van der Waals surface area contributed by atoms with Crippen LogP contribution in [-0.4, -0.2) is 28.7 Å². The van der Waals surface area contributed by atoms with Crippen molar-refractivity contribution in [3.63, 3.8) is 0 Å². The molecule has 7 rings (SSSR count). The van der Waals surface area contributed by atoms with E-state index in [4.69, 9.17) is 4.74 Å². The highest BCUT2D eigenvalue weighted by Crippen LogP contribution is 2.55. The minimum absolute atomic E-state index is 0.00466. The number of ether oxygens (including phenoxy) is 1. The third-order valence-electron chi connectivity index (χ3n) is 8.26. The SMILES string of the molecule is O[C@H]1C[C@@H]2N(C1)[C@H](c1ccccc1P(c1ccccc1)c1ccccc1)OC2(c1ccccc1)c1ccccc1. The van der Waals surface area contributed by atoms with E-state index in [1.165, 1.54) is 21.5 Å². The fourth-order valence-corrected chi connectivity index (χ4v) is 9.08. The van der Waals surface area contributed by atoms with Gasteiger partial charge in [0.25, 0.3) is 0 Å². The van der Waals surface area contributed by atoms with Gasteiger partial charge in [-0.15, -0.1) is 0 Å². The van der Waals surface area contributed by atoms with Gasteiger partial charge in [0.1, 0.15) is 11.8 Å². The van der Waals surface area contributed by atoms with Crippen molar-refractivity contribution in [2.24, 2.45) is 0 Å². The predicted molar refractivity (Wildman–Crippen MR) is 164 cm³/mol. The van der Waals surface area contributed by atoms with Gasteiger partial charge in [0.05, 0.1) is 12.1 Å². The Bertz CT molecular complexity index is 1480. The van der Waals surface area contributed by atoms with Gasteiger partial charge in [-0.3, -0.25) is 4.90 Å². The van der Waals surface area contributed by atoms with Crippen LogP contribution in [0.4, 0.5) is 0 Å². The zero-order valence-electron chi connectivity index (χ0n) is 22.3. The quantitative estimate of drug-likeness (QED) is 0.274. The lowest BCUT2D eigenvalue weighted by molar-refractivity contribution is -0.0538. The van der Waals surface area contributed by atoms with Crippen LogP contribution in [0.15, 0.2) is 146 Å². The van der Waals surface area contributed by atoms with Crippen LogP contribution in [0.5, 0.6) is 0 Å². The molecule has 2 fully saturated rings. The van der Waals surface area contributed by atoms with Crippen LogP contribution in [0.25, 0.3) is 0 Å². The smallest absolute Gasteiger partial charge is 0.139 e. The molecule has 198 valence electrons. The second kappa shape index (κ2) is 10.8. The minimum atomic E-state index is -0.820. The van der Waals surface area contributed by atoms with E-state index < -0.39 is 19.6 Å². The fourth-order valence-electron chi connectivity index (χ4n) is 6.60. The number of aliphatic hydroxyl groups is 1. The van der Waals surface area contributed by atoms with E-state index >= 15 is 0 Å². The van der Waals surface area contributed by atoms with Crippen molar-refractivity contribution in [2.45, 2.75) is 30.4 Å². The average Bonchev–Trinajstić information content (AvgIpc) is 3.56. The number of nitrogens with zero attached hydrogens (tertiary/aromatic N) is 1. The summed E-state index contributed by atoms with van der Waals surface area (Å²) in [7, 11) is -0.820. The van der Waals surface area contributed by atoms with E-state index in [0.29, 0.717) is 13.0 Å². The van der Waals surface area contributed by atoms with E-state index in [0.717, 1.165) is 11.1 Å². The summed E-state index contributed by atoms with van der Waals surface area (Å²) in [4.78, 5) is 2.41. The molecule has 0 spiro atoms. The van der Waals surface area contributed by atoms with Crippen molar-refractivity contribution in [2.75, 3.05) is 6.54 Å². The van der Waals surface area contributed by atoms with Gasteiger partial charge in [-0.1, -0.05) is 146 Å². The van der Waals surface area contributed by atoms with E-state index in [1.54, 1.807) is 0 Å². The largest absolute Gasteiger partial charge is 0.392 e. The molecule has 0 radical (unpaired) electrons. The van der Waals surface area contributed by atoms with Crippen LogP contribution < -0.4 is 15.9 Å². The van der Waals surface area contributed by atoms with Gasteiger partial charge in [-0.25, -0.2) is 0 Å². The van der Waals surface area contributed by atoms with Gasteiger partial charge in [0.2, 0.25) is 0 Å². The van der Waals surface area contributed by atoms with E-state index in [-0.39, 0.29) is 12.3 Å². The van der Waals surface area contributed by atoms with Gasteiger partial charge < -0.3 is 9.84 Å². The summed E-state index contributed by atoms with van der Waals surface area (Å²) in [6.45, 7) is 0.583. The molecule has 3 nitrogen and oxygen atoms in total. The van der Waals surface area contributed by atoms with Crippen molar-refractivity contribution >= 4 is 23.8 Å². The molecule has 2 aliphatic heterocycles. The monoisotopic (exact) mass is 541 g/mol. The third kappa shape index (κ3) is 4.31. The second-order valence-corrected chi connectivity index (χ2v) is 12.8. The van der Waals surface area contributed by atoms with Crippen LogP contribution in [0, 0.1) is 0 Å². The topological polar surface area (TPSA) is 32.7 Å². The maximum atomic E-state index is 11.1. The van der Waals surface area contributed by atoms with Gasteiger partial charge in [-0.2, -0.15) is 0 Å². The van der Waals surface area contributed by atoms with Gasteiger partial charge in [-0.05, 0) is 41.4 Å². The Kier molecular flexibility index (Phi) is 6.83. The summed E-state index contributed by atoms with van der Waals surface area (Å²) < 4.78 is 7.41. The van der Waals surface area contributed by atoms with Crippen molar-refractivity contribution in [3.05, 3.63) is 162 Å². The summed E-state index contributed by atoms with van der Waals surface area (Å²) >= 11 is 0. The Morgan fingerprint density at radius 2 is 1.10 bits per heavy atom. The molecule has 0 unspecified atom stereocenters. The first kappa shape index (κ1) is 25.4. The number of hydrogen-bond donors (Lipinski definition) is 1. The zero-order valence-corrected chi connectivity index (χ0v) is 23.1. The molecule has 0 bridgehead atoms. The van der Waals surface area contributed by atoms with Gasteiger partial charge >= 0.3 is 0 Å².